The molecule has 1 heterocycles. The van der Waals surface area contributed by atoms with Gasteiger partial charge in [0, 0.05) is 11.5 Å². The fourth-order valence-corrected chi connectivity index (χ4v) is 2.41. The van der Waals surface area contributed by atoms with Crippen LogP contribution in [0.15, 0.2) is 34.9 Å². The number of ether oxygens (including phenoxy) is 1. The highest BCUT2D eigenvalue weighted by Gasteiger charge is 2.24. The third-order valence-corrected chi connectivity index (χ3v) is 3.56. The molecule has 0 bridgehead atoms. The predicted molar refractivity (Wildman–Crippen MR) is 96.5 cm³/mol. The second-order valence-electron chi connectivity index (χ2n) is 6.98. The zero-order valence-electron chi connectivity index (χ0n) is 15.6. The fraction of sp³-hybridized carbons (Fsp3) is 0.474. The number of aromatic nitrogens is 1. The molecule has 1 amide bonds. The molecule has 1 aromatic heterocycles. The molecule has 0 radical (unpaired) electrons. The number of hydroxylamine groups is 2. The van der Waals surface area contributed by atoms with E-state index in [0.29, 0.717) is 23.6 Å². The monoisotopic (exact) mass is 362 g/mol. The molecule has 7 nitrogen and oxygen atoms in total. The number of hydrogen-bond acceptors (Lipinski definition) is 6. The van der Waals surface area contributed by atoms with Crippen molar-refractivity contribution >= 4 is 6.41 Å². The van der Waals surface area contributed by atoms with Gasteiger partial charge in [0.05, 0.1) is 24.3 Å². The second kappa shape index (κ2) is 8.82. The Balaban J connectivity index is 2.12. The van der Waals surface area contributed by atoms with Crippen LogP contribution in [0, 0.1) is 0 Å². The molecule has 1 atom stereocenters. The molecule has 0 aliphatic heterocycles. The van der Waals surface area contributed by atoms with Crippen LogP contribution in [0.5, 0.6) is 5.88 Å². The van der Waals surface area contributed by atoms with Crippen molar-refractivity contribution in [3.63, 3.8) is 0 Å². The summed E-state index contributed by atoms with van der Waals surface area (Å²) in [5, 5.41) is 14.8. The lowest BCUT2D eigenvalue weighted by atomic mass is 9.99. The molecular weight excluding hydrogens is 336 g/mol. The molecule has 1 unspecified atom stereocenters. The van der Waals surface area contributed by atoms with Crippen molar-refractivity contribution in [2.75, 3.05) is 19.8 Å². The average molecular weight is 362 g/mol. The number of amides is 1. The summed E-state index contributed by atoms with van der Waals surface area (Å²) in [6, 6.07) is 9.52. The Morgan fingerprint density at radius 2 is 2.00 bits per heavy atom. The van der Waals surface area contributed by atoms with E-state index < -0.39 is 5.60 Å². The van der Waals surface area contributed by atoms with Crippen LogP contribution >= 0.6 is 0 Å². The molecule has 2 rings (SSSR count). The Labute approximate surface area is 153 Å². The van der Waals surface area contributed by atoms with Crippen LogP contribution in [0.2, 0.25) is 0 Å². The number of rotatable bonds is 9. The van der Waals surface area contributed by atoms with E-state index in [2.05, 4.69) is 5.16 Å². The molecule has 0 aliphatic rings. The second-order valence-corrected chi connectivity index (χ2v) is 6.98. The van der Waals surface area contributed by atoms with Crippen LogP contribution in [-0.4, -0.2) is 47.1 Å². The molecule has 0 saturated carbocycles. The maximum absolute atomic E-state index is 11.1. The van der Waals surface area contributed by atoms with Gasteiger partial charge in [-0.15, -0.1) is 0 Å². The number of benzene rings is 1. The van der Waals surface area contributed by atoms with E-state index in [-0.39, 0.29) is 25.7 Å². The highest BCUT2D eigenvalue weighted by Crippen LogP contribution is 2.36. The van der Waals surface area contributed by atoms with E-state index >= 15 is 0 Å². The van der Waals surface area contributed by atoms with Crippen molar-refractivity contribution in [3.8, 4) is 17.2 Å². The van der Waals surface area contributed by atoms with Crippen LogP contribution in [0.3, 0.4) is 0 Å². The van der Waals surface area contributed by atoms with Gasteiger partial charge in [0.15, 0.2) is 5.76 Å². The van der Waals surface area contributed by atoms with Crippen molar-refractivity contribution in [3.05, 3.63) is 35.9 Å². The highest BCUT2D eigenvalue weighted by molar-refractivity contribution is 5.64. The average Bonchev–Trinajstić information content (AvgIpc) is 3.03. The topological polar surface area (TPSA) is 85.0 Å². The van der Waals surface area contributed by atoms with E-state index in [1.165, 1.54) is 5.06 Å². The van der Waals surface area contributed by atoms with E-state index in [1.54, 1.807) is 0 Å². The molecule has 0 fully saturated rings. The first-order chi connectivity index (χ1) is 12.4. The third kappa shape index (κ3) is 5.31. The Morgan fingerprint density at radius 3 is 2.58 bits per heavy atom. The molecule has 0 saturated heterocycles. The molecule has 142 valence electrons. The SMILES string of the molecule is CC(CO)c1c(OCCN(C=O)OC(C)(C)C)noc1-c1ccccc1. The molecule has 1 N–H and O–H groups in total. The standard InChI is InChI=1S/C19H26N2O5/c1-14(12-22)16-17(15-8-6-5-7-9-15)25-20-18(16)24-11-10-21(13-23)26-19(2,3)4/h5-9,13-14,22H,10-12H2,1-4H3. The van der Waals surface area contributed by atoms with E-state index in [0.717, 1.165) is 5.56 Å². The summed E-state index contributed by atoms with van der Waals surface area (Å²) >= 11 is 0. The zero-order chi connectivity index (χ0) is 19.2. The molecule has 2 aromatic rings. The summed E-state index contributed by atoms with van der Waals surface area (Å²) in [7, 11) is 0. The molecule has 0 aliphatic carbocycles. The van der Waals surface area contributed by atoms with Crippen LogP contribution in [0.4, 0.5) is 0 Å². The van der Waals surface area contributed by atoms with Gasteiger partial charge in [0.2, 0.25) is 6.41 Å². The largest absolute Gasteiger partial charge is 0.473 e. The number of carbonyl (C=O) groups excluding carboxylic acids is 1. The van der Waals surface area contributed by atoms with Crippen molar-refractivity contribution in [1.82, 2.24) is 10.2 Å². The number of aliphatic hydroxyl groups excluding tert-OH is 1. The van der Waals surface area contributed by atoms with Gasteiger partial charge in [-0.3, -0.25) is 9.63 Å². The van der Waals surface area contributed by atoms with Gasteiger partial charge in [-0.25, -0.2) is 5.06 Å². The van der Waals surface area contributed by atoms with Crippen LogP contribution < -0.4 is 4.74 Å². The summed E-state index contributed by atoms with van der Waals surface area (Å²) in [6.45, 7) is 7.79. The van der Waals surface area contributed by atoms with Gasteiger partial charge in [-0.1, -0.05) is 37.3 Å². The first-order valence-electron chi connectivity index (χ1n) is 8.55. The molecule has 0 spiro atoms. The lowest BCUT2D eigenvalue weighted by Gasteiger charge is -2.26. The van der Waals surface area contributed by atoms with Crippen LogP contribution in [0.1, 0.15) is 39.2 Å². The van der Waals surface area contributed by atoms with Gasteiger partial charge < -0.3 is 14.4 Å². The number of hydrogen-bond donors (Lipinski definition) is 1. The predicted octanol–water partition coefficient (Wildman–Crippen LogP) is 3.00. The third-order valence-electron chi connectivity index (χ3n) is 3.56. The van der Waals surface area contributed by atoms with Crippen molar-refractivity contribution in [1.29, 1.82) is 0 Å². The Hall–Kier alpha value is -2.38. The molecular formula is C19H26N2O5. The van der Waals surface area contributed by atoms with E-state index in [4.69, 9.17) is 14.1 Å². The first-order valence-corrected chi connectivity index (χ1v) is 8.55. The Bertz CT molecular complexity index is 694. The van der Waals surface area contributed by atoms with Gasteiger partial charge in [0.25, 0.3) is 5.88 Å². The zero-order valence-corrected chi connectivity index (χ0v) is 15.6. The minimum atomic E-state index is -0.480. The lowest BCUT2D eigenvalue weighted by molar-refractivity contribution is -0.217. The first kappa shape index (κ1) is 19.9. The minimum absolute atomic E-state index is 0.0645. The number of nitrogens with zero attached hydrogens (tertiary/aromatic N) is 2. The maximum atomic E-state index is 11.1. The highest BCUT2D eigenvalue weighted by atomic mass is 16.7. The minimum Gasteiger partial charge on any atom is -0.473 e. The van der Waals surface area contributed by atoms with Gasteiger partial charge in [-0.05, 0) is 25.9 Å². The quantitative estimate of drug-likeness (QED) is 0.545. The summed E-state index contributed by atoms with van der Waals surface area (Å²) in [5.74, 6) is 0.673. The summed E-state index contributed by atoms with van der Waals surface area (Å²) in [5.41, 5.74) is 1.08. The van der Waals surface area contributed by atoms with Gasteiger partial charge >= 0.3 is 0 Å². The summed E-state index contributed by atoms with van der Waals surface area (Å²) < 4.78 is 11.2. The van der Waals surface area contributed by atoms with Crippen molar-refractivity contribution < 1.29 is 24.0 Å². The normalized spacial score (nSPS) is 12.7. The van der Waals surface area contributed by atoms with E-state index in [9.17, 15) is 9.90 Å². The van der Waals surface area contributed by atoms with Gasteiger partial charge in [-0.2, -0.15) is 0 Å². The fourth-order valence-electron chi connectivity index (χ4n) is 2.41. The molecule has 7 heteroatoms. The van der Waals surface area contributed by atoms with Crippen molar-refractivity contribution in [2.45, 2.75) is 39.2 Å². The maximum Gasteiger partial charge on any atom is 0.258 e. The van der Waals surface area contributed by atoms with Gasteiger partial charge in [0.1, 0.15) is 6.61 Å². The smallest absolute Gasteiger partial charge is 0.258 e. The van der Waals surface area contributed by atoms with Crippen molar-refractivity contribution in [2.24, 2.45) is 0 Å². The number of aliphatic hydroxyl groups is 1. The molecule has 1 aromatic carbocycles. The lowest BCUT2D eigenvalue weighted by Crippen LogP contribution is -2.35. The Kier molecular flexibility index (Phi) is 6.76. The summed E-state index contributed by atoms with van der Waals surface area (Å²) in [6.07, 6.45) is 0.615. The Morgan fingerprint density at radius 1 is 1.31 bits per heavy atom. The van der Waals surface area contributed by atoms with E-state index in [1.807, 2.05) is 58.0 Å². The number of carbonyl (C=O) groups is 1. The summed E-state index contributed by atoms with van der Waals surface area (Å²) in [4.78, 5) is 16.6. The molecule has 26 heavy (non-hydrogen) atoms. The van der Waals surface area contributed by atoms with Crippen LogP contribution in [0.25, 0.3) is 11.3 Å². The van der Waals surface area contributed by atoms with Crippen LogP contribution in [-0.2, 0) is 9.63 Å².